The van der Waals surface area contributed by atoms with E-state index in [0.29, 0.717) is 45.5 Å². The van der Waals surface area contributed by atoms with Crippen LogP contribution in [0, 0.1) is 29.6 Å². The largest absolute Gasteiger partial charge is 0.466 e. The standard InChI is InChI=1S/2C20H38O4.C10H24N2O/c2*1-17(2)11-7-5-9-15-23-19(21)13-14-20(22)24-16-10-6-8-12-18(3)4;1-2-10(9-13)5-3-4-7-12-8-6-11/h2*17-18H,5-16H2,1-4H3;10,12-13H,2-9,11H2,1H3/t;;10-/m..0/s1. The molecule has 11 heteroatoms. The van der Waals surface area contributed by atoms with Crippen molar-refractivity contribution in [1.82, 2.24) is 5.32 Å². The van der Waals surface area contributed by atoms with Crippen LogP contribution in [0.25, 0.3) is 0 Å². The van der Waals surface area contributed by atoms with Crippen LogP contribution >= 0.6 is 0 Å². The van der Waals surface area contributed by atoms with Gasteiger partial charge in [-0.05, 0) is 74.7 Å². The number of hydrogen-bond acceptors (Lipinski definition) is 11. The molecule has 0 unspecified atom stereocenters. The minimum absolute atomic E-state index is 0.123. The van der Waals surface area contributed by atoms with Crippen LogP contribution < -0.4 is 11.1 Å². The SMILES string of the molecule is CC(C)CCCCCOC(=O)CCC(=O)OCCCCCC(C)C.CC(C)CCCCCOC(=O)CCC(=O)OCCCCCC(C)C.CC[C@H](CO)CCCCNCCN. The molecule has 0 aromatic rings. The Labute approximate surface area is 375 Å². The molecule has 0 saturated heterocycles. The monoisotopic (exact) mass is 873 g/mol. The summed E-state index contributed by atoms with van der Waals surface area (Å²) in [7, 11) is 0. The van der Waals surface area contributed by atoms with Crippen LogP contribution in [0.5, 0.6) is 0 Å². The molecule has 0 rings (SSSR count). The van der Waals surface area contributed by atoms with Crippen LogP contribution in [0.4, 0.5) is 0 Å². The van der Waals surface area contributed by atoms with Crippen molar-refractivity contribution in [2.24, 2.45) is 35.3 Å². The Balaban J connectivity index is -0.000000866. The first-order chi connectivity index (χ1) is 29.2. The molecule has 0 fully saturated rings. The fourth-order valence-electron chi connectivity index (χ4n) is 6.10. The summed E-state index contributed by atoms with van der Waals surface area (Å²) in [4.78, 5) is 46.1. The maximum atomic E-state index is 11.5. The van der Waals surface area contributed by atoms with Gasteiger partial charge in [-0.25, -0.2) is 0 Å². The second kappa shape index (κ2) is 48.8. The van der Waals surface area contributed by atoms with Crippen LogP contribution in [0.15, 0.2) is 0 Å². The summed E-state index contributed by atoms with van der Waals surface area (Å²) in [5.41, 5.74) is 5.34. The van der Waals surface area contributed by atoms with Gasteiger partial charge in [0.2, 0.25) is 0 Å². The molecular weight excluding hydrogens is 773 g/mol. The molecule has 0 saturated carbocycles. The highest BCUT2D eigenvalue weighted by Gasteiger charge is 2.11. The summed E-state index contributed by atoms with van der Waals surface area (Å²) in [6.45, 7) is 24.7. The number of nitrogens with two attached hydrogens (primary N) is 1. The van der Waals surface area contributed by atoms with Gasteiger partial charge in [0.25, 0.3) is 0 Å². The van der Waals surface area contributed by atoms with Crippen LogP contribution in [-0.4, -0.2) is 81.7 Å². The summed E-state index contributed by atoms with van der Waals surface area (Å²) in [5, 5.41) is 12.2. The number of carbonyl (C=O) groups excluding carboxylic acids is 4. The molecular formula is C50H100N2O9. The van der Waals surface area contributed by atoms with Crippen molar-refractivity contribution in [2.45, 2.75) is 216 Å². The number of aliphatic hydroxyl groups excluding tert-OH is 1. The summed E-state index contributed by atoms with van der Waals surface area (Å²) < 4.78 is 20.5. The van der Waals surface area contributed by atoms with E-state index in [4.69, 9.17) is 29.8 Å². The summed E-state index contributed by atoms with van der Waals surface area (Å²) >= 11 is 0. The van der Waals surface area contributed by atoms with Gasteiger partial charge in [0.15, 0.2) is 0 Å². The van der Waals surface area contributed by atoms with Gasteiger partial charge in [-0.15, -0.1) is 0 Å². The van der Waals surface area contributed by atoms with E-state index in [1.165, 1.54) is 64.2 Å². The zero-order valence-electron chi connectivity index (χ0n) is 41.3. The Morgan fingerprint density at radius 3 is 0.984 bits per heavy atom. The van der Waals surface area contributed by atoms with E-state index in [2.05, 4.69) is 67.6 Å². The van der Waals surface area contributed by atoms with Crippen molar-refractivity contribution >= 4 is 23.9 Å². The lowest BCUT2D eigenvalue weighted by Gasteiger charge is -2.10. The summed E-state index contributed by atoms with van der Waals surface area (Å²) in [6.07, 6.45) is 22.7. The van der Waals surface area contributed by atoms with Crippen LogP contribution in [0.1, 0.15) is 216 Å². The molecule has 0 radical (unpaired) electrons. The third-order valence-electron chi connectivity index (χ3n) is 10.2. The molecule has 0 aliphatic rings. The fraction of sp³-hybridized carbons (Fsp3) is 0.920. The Morgan fingerprint density at radius 1 is 0.443 bits per heavy atom. The van der Waals surface area contributed by atoms with E-state index >= 15 is 0 Å². The number of unbranched alkanes of at least 4 members (excludes halogenated alkanes) is 9. The minimum Gasteiger partial charge on any atom is -0.466 e. The number of aliphatic hydroxyl groups is 1. The average Bonchev–Trinajstić information content (AvgIpc) is 3.21. The first-order valence-corrected chi connectivity index (χ1v) is 24.8. The lowest BCUT2D eigenvalue weighted by Crippen LogP contribution is -2.23. The second-order valence-electron chi connectivity index (χ2n) is 18.3. The molecule has 1 atom stereocenters. The third kappa shape index (κ3) is 57.8. The van der Waals surface area contributed by atoms with E-state index in [0.717, 1.165) is 101 Å². The quantitative estimate of drug-likeness (QED) is 0.0306. The summed E-state index contributed by atoms with van der Waals surface area (Å²) in [5.74, 6) is 2.24. The zero-order chi connectivity index (χ0) is 46.4. The molecule has 0 heterocycles. The molecule has 4 N–H and O–H groups in total. The minimum atomic E-state index is -0.298. The molecule has 11 nitrogen and oxygen atoms in total. The van der Waals surface area contributed by atoms with Crippen molar-refractivity contribution in [3.8, 4) is 0 Å². The Morgan fingerprint density at radius 2 is 0.738 bits per heavy atom. The van der Waals surface area contributed by atoms with Gasteiger partial charge in [-0.3, -0.25) is 19.2 Å². The van der Waals surface area contributed by atoms with Crippen molar-refractivity contribution in [3.05, 3.63) is 0 Å². The van der Waals surface area contributed by atoms with E-state index in [1.54, 1.807) is 0 Å². The number of esters is 4. The molecule has 61 heavy (non-hydrogen) atoms. The van der Waals surface area contributed by atoms with Gasteiger partial charge in [-0.2, -0.15) is 0 Å². The van der Waals surface area contributed by atoms with Crippen LogP contribution in [-0.2, 0) is 38.1 Å². The number of nitrogens with one attached hydrogen (secondary N) is 1. The molecule has 0 aromatic heterocycles. The predicted octanol–water partition coefficient (Wildman–Crippen LogP) is 11.3. The Bertz CT molecular complexity index is 843. The maximum absolute atomic E-state index is 11.5. The van der Waals surface area contributed by atoms with Crippen molar-refractivity contribution in [2.75, 3.05) is 52.7 Å². The van der Waals surface area contributed by atoms with Crippen LogP contribution in [0.3, 0.4) is 0 Å². The number of hydrogen-bond donors (Lipinski definition) is 3. The fourth-order valence-corrected chi connectivity index (χ4v) is 6.10. The molecule has 0 aliphatic carbocycles. The van der Waals surface area contributed by atoms with Gasteiger partial charge < -0.3 is 35.1 Å². The lowest BCUT2D eigenvalue weighted by molar-refractivity contribution is -0.150. The first kappa shape index (κ1) is 63.1. The zero-order valence-corrected chi connectivity index (χ0v) is 41.3. The Kier molecular flexibility index (Phi) is 50.4. The normalized spacial score (nSPS) is 11.5. The van der Waals surface area contributed by atoms with Gasteiger partial charge in [0.1, 0.15) is 0 Å². The first-order valence-electron chi connectivity index (χ1n) is 24.8. The molecule has 0 aromatic carbocycles. The van der Waals surface area contributed by atoms with Gasteiger partial charge in [0, 0.05) is 19.7 Å². The van der Waals surface area contributed by atoms with Crippen LogP contribution in [0.2, 0.25) is 0 Å². The smallest absolute Gasteiger partial charge is 0.306 e. The highest BCUT2D eigenvalue weighted by Crippen LogP contribution is 2.13. The molecule has 0 bridgehead atoms. The summed E-state index contributed by atoms with van der Waals surface area (Å²) in [6, 6.07) is 0. The number of ether oxygens (including phenoxy) is 4. The van der Waals surface area contributed by atoms with Gasteiger partial charge >= 0.3 is 23.9 Å². The van der Waals surface area contributed by atoms with E-state index in [1.807, 2.05) is 0 Å². The highest BCUT2D eigenvalue weighted by atomic mass is 16.5. The lowest BCUT2D eigenvalue weighted by atomic mass is 10.0. The average molecular weight is 873 g/mol. The number of carbonyl (C=O) groups is 4. The topological polar surface area (TPSA) is 163 Å². The third-order valence-corrected chi connectivity index (χ3v) is 10.2. The second-order valence-corrected chi connectivity index (χ2v) is 18.3. The van der Waals surface area contributed by atoms with Crippen molar-refractivity contribution in [3.63, 3.8) is 0 Å². The maximum Gasteiger partial charge on any atom is 0.306 e. The van der Waals surface area contributed by atoms with Gasteiger partial charge in [0.05, 0.1) is 52.1 Å². The molecule has 0 amide bonds. The number of rotatable bonds is 39. The van der Waals surface area contributed by atoms with E-state index < -0.39 is 0 Å². The molecule has 0 spiro atoms. The molecule has 364 valence electrons. The van der Waals surface area contributed by atoms with E-state index in [-0.39, 0.29) is 49.6 Å². The Hall–Kier alpha value is -2.24. The van der Waals surface area contributed by atoms with Crippen molar-refractivity contribution in [1.29, 1.82) is 0 Å². The highest BCUT2D eigenvalue weighted by molar-refractivity contribution is 5.78. The van der Waals surface area contributed by atoms with Crippen molar-refractivity contribution < 1.29 is 43.2 Å². The van der Waals surface area contributed by atoms with E-state index in [9.17, 15) is 19.2 Å². The molecule has 0 aliphatic heterocycles. The predicted molar refractivity (Wildman–Crippen MR) is 252 cm³/mol. The van der Waals surface area contributed by atoms with Gasteiger partial charge in [-0.1, -0.05) is 152 Å².